The van der Waals surface area contributed by atoms with Crippen molar-refractivity contribution < 1.29 is 9.53 Å². The van der Waals surface area contributed by atoms with Crippen molar-refractivity contribution in [1.82, 2.24) is 14.7 Å². The number of allylic oxidation sites excluding steroid dienone is 1. The highest BCUT2D eigenvalue weighted by atomic mass is 16.5. The normalized spacial score (nSPS) is 15.0. The summed E-state index contributed by atoms with van der Waals surface area (Å²) < 4.78 is 7.34. The molecule has 1 aromatic heterocycles. The van der Waals surface area contributed by atoms with Gasteiger partial charge in [0.25, 0.3) is 0 Å². The van der Waals surface area contributed by atoms with Crippen molar-refractivity contribution in [3.05, 3.63) is 52.9 Å². The number of likely N-dealkylation sites (tertiary alicyclic amines) is 1. The Morgan fingerprint density at radius 3 is 2.73 bits per heavy atom. The molecule has 0 radical (unpaired) electrons. The Labute approximate surface area is 155 Å². The van der Waals surface area contributed by atoms with Crippen LogP contribution in [0.5, 0.6) is 5.75 Å². The average Bonchev–Trinajstić information content (AvgIpc) is 3.29. The van der Waals surface area contributed by atoms with Crippen LogP contribution in [0.2, 0.25) is 0 Å². The monoisotopic (exact) mass is 353 g/mol. The zero-order chi connectivity index (χ0) is 18.5. The minimum atomic E-state index is -0.0147. The van der Waals surface area contributed by atoms with E-state index in [4.69, 9.17) is 4.74 Å². The van der Waals surface area contributed by atoms with Crippen molar-refractivity contribution in [2.45, 2.75) is 39.8 Å². The fraction of sp³-hybridized carbons (Fsp3) is 0.429. The van der Waals surface area contributed by atoms with Gasteiger partial charge in [0.1, 0.15) is 5.75 Å². The number of ketones is 1. The Morgan fingerprint density at radius 1 is 1.31 bits per heavy atom. The summed E-state index contributed by atoms with van der Waals surface area (Å²) in [5.41, 5.74) is 3.74. The molecule has 1 fully saturated rings. The quantitative estimate of drug-likeness (QED) is 0.562. The lowest BCUT2D eigenvalue weighted by Crippen LogP contribution is -2.18. The highest BCUT2D eigenvalue weighted by Gasteiger charge is 2.15. The van der Waals surface area contributed by atoms with Gasteiger partial charge in [-0.1, -0.05) is 12.1 Å². The molecule has 5 nitrogen and oxygen atoms in total. The Kier molecular flexibility index (Phi) is 5.89. The van der Waals surface area contributed by atoms with E-state index in [1.807, 2.05) is 36.7 Å². The lowest BCUT2D eigenvalue weighted by atomic mass is 10.1. The van der Waals surface area contributed by atoms with Crippen LogP contribution in [0.1, 0.15) is 46.9 Å². The topological polar surface area (TPSA) is 47.4 Å². The van der Waals surface area contributed by atoms with Gasteiger partial charge in [-0.2, -0.15) is 5.10 Å². The summed E-state index contributed by atoms with van der Waals surface area (Å²) in [6, 6.07) is 6.08. The van der Waals surface area contributed by atoms with E-state index in [-0.39, 0.29) is 5.78 Å². The molecule has 0 N–H and O–H groups in total. The maximum Gasteiger partial charge on any atom is 0.189 e. The van der Waals surface area contributed by atoms with Crippen LogP contribution >= 0.6 is 0 Å². The van der Waals surface area contributed by atoms with Crippen LogP contribution in [-0.4, -0.2) is 40.7 Å². The minimum Gasteiger partial charge on any atom is -0.496 e. The van der Waals surface area contributed by atoms with Gasteiger partial charge in [-0.05, 0) is 63.6 Å². The highest BCUT2D eigenvalue weighted by Crippen LogP contribution is 2.24. The van der Waals surface area contributed by atoms with Crippen LogP contribution in [0.3, 0.4) is 0 Å². The number of carbonyl (C=O) groups excluding carboxylic acids is 1. The molecular formula is C21H27N3O2. The molecular weight excluding hydrogens is 326 g/mol. The third-order valence-corrected chi connectivity index (χ3v) is 4.99. The molecule has 1 saturated heterocycles. The molecule has 3 rings (SSSR count). The number of methoxy groups -OCH3 is 1. The van der Waals surface area contributed by atoms with Crippen LogP contribution in [0.15, 0.2) is 30.5 Å². The van der Waals surface area contributed by atoms with E-state index in [9.17, 15) is 4.79 Å². The van der Waals surface area contributed by atoms with Gasteiger partial charge in [-0.3, -0.25) is 14.4 Å². The van der Waals surface area contributed by atoms with Gasteiger partial charge in [0, 0.05) is 24.3 Å². The number of ether oxygens (including phenoxy) is 1. The smallest absolute Gasteiger partial charge is 0.189 e. The predicted molar refractivity (Wildman–Crippen MR) is 104 cm³/mol. The first-order valence-electron chi connectivity index (χ1n) is 9.26. The molecule has 2 aromatic rings. The average molecular weight is 353 g/mol. The zero-order valence-electron chi connectivity index (χ0n) is 15.9. The van der Waals surface area contributed by atoms with Crippen LogP contribution in [0.4, 0.5) is 0 Å². The van der Waals surface area contributed by atoms with Crippen molar-refractivity contribution in [2.24, 2.45) is 0 Å². The number of aryl methyl sites for hydroxylation is 1. The second-order valence-electron chi connectivity index (χ2n) is 6.71. The summed E-state index contributed by atoms with van der Waals surface area (Å²) in [7, 11) is 1.70. The molecule has 0 unspecified atom stereocenters. The number of hydrogen-bond donors (Lipinski definition) is 0. The van der Waals surface area contributed by atoms with E-state index in [1.54, 1.807) is 19.4 Å². The number of nitrogens with zero attached hydrogens (tertiary/aromatic N) is 3. The highest BCUT2D eigenvalue weighted by molar-refractivity contribution is 6.07. The van der Waals surface area contributed by atoms with Gasteiger partial charge < -0.3 is 4.74 Å². The van der Waals surface area contributed by atoms with Gasteiger partial charge in [-0.25, -0.2) is 0 Å². The van der Waals surface area contributed by atoms with Gasteiger partial charge in [0.05, 0.1) is 18.9 Å². The molecule has 26 heavy (non-hydrogen) atoms. The summed E-state index contributed by atoms with van der Waals surface area (Å²) in [5, 5.41) is 4.24. The van der Waals surface area contributed by atoms with E-state index in [0.717, 1.165) is 43.2 Å². The van der Waals surface area contributed by atoms with Gasteiger partial charge in [0.2, 0.25) is 0 Å². The molecule has 0 amide bonds. The molecule has 0 saturated carbocycles. The molecule has 0 aliphatic carbocycles. The van der Waals surface area contributed by atoms with E-state index in [0.29, 0.717) is 5.56 Å². The molecule has 1 aliphatic heterocycles. The molecule has 2 heterocycles. The summed E-state index contributed by atoms with van der Waals surface area (Å²) in [6.45, 7) is 7.88. The molecule has 0 bridgehead atoms. The number of aromatic nitrogens is 2. The summed E-state index contributed by atoms with van der Waals surface area (Å²) in [5.74, 6) is 0.888. The summed E-state index contributed by atoms with van der Waals surface area (Å²) >= 11 is 0. The van der Waals surface area contributed by atoms with Crippen molar-refractivity contribution in [2.75, 3.05) is 20.2 Å². The fourth-order valence-corrected chi connectivity index (χ4v) is 3.48. The van der Waals surface area contributed by atoms with E-state index < -0.39 is 0 Å². The standard InChI is InChI=1S/C21H27N3O2/c1-4-24-16(2)19(14-22-24)20(25)9-7-17-8-10-21(26-3)18(13-17)15-23-11-5-6-12-23/h7-10,13-14H,4-6,11-12,15H2,1-3H3/b9-7+. The second kappa shape index (κ2) is 8.32. The van der Waals surface area contributed by atoms with Crippen LogP contribution in [0, 0.1) is 6.92 Å². The predicted octanol–water partition coefficient (Wildman–Crippen LogP) is 3.71. The zero-order valence-corrected chi connectivity index (χ0v) is 15.9. The lowest BCUT2D eigenvalue weighted by molar-refractivity contribution is 0.104. The molecule has 0 spiro atoms. The first-order valence-corrected chi connectivity index (χ1v) is 9.26. The number of benzene rings is 1. The van der Waals surface area contributed by atoms with E-state index in [2.05, 4.69) is 16.1 Å². The maximum atomic E-state index is 12.5. The Hall–Kier alpha value is -2.40. The van der Waals surface area contributed by atoms with Crippen LogP contribution in [-0.2, 0) is 13.1 Å². The number of rotatable bonds is 7. The van der Waals surface area contributed by atoms with Gasteiger partial charge in [0.15, 0.2) is 5.78 Å². The Bertz CT molecular complexity index is 802. The maximum absolute atomic E-state index is 12.5. The van der Waals surface area contributed by atoms with Crippen molar-refractivity contribution >= 4 is 11.9 Å². The SMILES string of the molecule is CCn1ncc(C(=O)/C=C/c2ccc(OC)c(CN3CCCC3)c2)c1C. The lowest BCUT2D eigenvalue weighted by Gasteiger charge is -2.17. The number of hydrogen-bond acceptors (Lipinski definition) is 4. The first kappa shape index (κ1) is 18.4. The third-order valence-electron chi connectivity index (χ3n) is 4.99. The summed E-state index contributed by atoms with van der Waals surface area (Å²) in [6.07, 6.45) is 7.68. The van der Waals surface area contributed by atoms with E-state index >= 15 is 0 Å². The third kappa shape index (κ3) is 4.05. The summed E-state index contributed by atoms with van der Waals surface area (Å²) in [4.78, 5) is 14.9. The van der Waals surface area contributed by atoms with Gasteiger partial charge >= 0.3 is 0 Å². The number of carbonyl (C=O) groups is 1. The minimum absolute atomic E-state index is 0.0147. The molecule has 0 atom stereocenters. The molecule has 5 heteroatoms. The molecule has 1 aliphatic rings. The van der Waals surface area contributed by atoms with Crippen molar-refractivity contribution in [3.8, 4) is 5.75 Å². The Balaban J connectivity index is 1.76. The Morgan fingerprint density at radius 2 is 2.08 bits per heavy atom. The molecule has 138 valence electrons. The fourth-order valence-electron chi connectivity index (χ4n) is 3.48. The van der Waals surface area contributed by atoms with Crippen LogP contribution in [0.25, 0.3) is 6.08 Å². The van der Waals surface area contributed by atoms with E-state index in [1.165, 1.54) is 18.4 Å². The van der Waals surface area contributed by atoms with Crippen molar-refractivity contribution in [3.63, 3.8) is 0 Å². The van der Waals surface area contributed by atoms with Gasteiger partial charge in [-0.15, -0.1) is 0 Å². The molecule has 1 aromatic carbocycles. The first-order chi connectivity index (χ1) is 12.6. The van der Waals surface area contributed by atoms with Crippen molar-refractivity contribution in [1.29, 1.82) is 0 Å². The second-order valence-corrected chi connectivity index (χ2v) is 6.71. The largest absolute Gasteiger partial charge is 0.496 e. The van der Waals surface area contributed by atoms with Crippen LogP contribution < -0.4 is 4.74 Å².